The maximum Gasteiger partial charge on any atom is 0.186 e. The molecule has 0 amide bonds. The van der Waals surface area contributed by atoms with Gasteiger partial charge in [0, 0.05) is 38.6 Å². The number of ether oxygens (including phenoxy) is 4. The Bertz CT molecular complexity index is 748. The maximum absolute atomic E-state index is 14.1. The summed E-state index contributed by atoms with van der Waals surface area (Å²) in [6.45, 7) is 1.98. The van der Waals surface area contributed by atoms with Crippen LogP contribution in [0.2, 0.25) is 0 Å². The smallest absolute Gasteiger partial charge is 0.186 e. The minimum Gasteiger partial charge on any atom is -0.491 e. The second-order valence-electron chi connectivity index (χ2n) is 10.2. The topological polar surface area (TPSA) is 74.2 Å². The van der Waals surface area contributed by atoms with Gasteiger partial charge in [-0.15, -0.1) is 11.6 Å². The molecule has 0 radical (unpaired) electrons. The first kappa shape index (κ1) is 22.1. The number of ketones is 1. The van der Waals surface area contributed by atoms with Gasteiger partial charge in [0.15, 0.2) is 11.4 Å². The van der Waals surface area contributed by atoms with E-state index in [1.54, 1.807) is 14.2 Å². The van der Waals surface area contributed by atoms with Gasteiger partial charge in [-0.2, -0.15) is 0 Å². The van der Waals surface area contributed by atoms with E-state index < -0.39 is 29.1 Å². The number of aliphatic hydroxyl groups excluding tert-OH is 1. The van der Waals surface area contributed by atoms with Gasteiger partial charge in [0.2, 0.25) is 0 Å². The standard InChI is InChI=1S/C24H35ClO6/c1-12-9-15(26)14-10-16(13-7-5-4-6-8-13)30-23(14)24(12)22(27)19-17(28-2)11-18(29-3)20(25)21(19)31-24/h12-13,15-21,26H,4-11H2,1-3H3/t12-,15?,16?,17?,18?,19?,20?,21?,24-/m1/s1. The van der Waals surface area contributed by atoms with Crippen molar-refractivity contribution in [3.63, 3.8) is 0 Å². The molecule has 9 atom stereocenters. The molecule has 0 aromatic rings. The van der Waals surface area contributed by atoms with Crippen LogP contribution in [0.5, 0.6) is 0 Å². The minimum atomic E-state index is -1.18. The zero-order valence-corrected chi connectivity index (χ0v) is 19.5. The number of methoxy groups -OCH3 is 2. The van der Waals surface area contributed by atoms with E-state index in [4.69, 9.17) is 30.5 Å². The molecule has 0 aromatic heterocycles. The number of hydrogen-bond acceptors (Lipinski definition) is 6. The number of carbonyl (C=O) groups excluding carboxylic acids is 1. The van der Waals surface area contributed by atoms with Crippen LogP contribution in [-0.4, -0.2) is 66.6 Å². The van der Waals surface area contributed by atoms with Crippen LogP contribution < -0.4 is 0 Å². The van der Waals surface area contributed by atoms with Gasteiger partial charge in [-0.1, -0.05) is 26.2 Å². The lowest BCUT2D eigenvalue weighted by Gasteiger charge is -2.41. The third kappa shape index (κ3) is 3.23. The Morgan fingerprint density at radius 3 is 2.48 bits per heavy atom. The van der Waals surface area contributed by atoms with E-state index in [9.17, 15) is 9.90 Å². The van der Waals surface area contributed by atoms with Gasteiger partial charge in [0.05, 0.1) is 35.7 Å². The quantitative estimate of drug-likeness (QED) is 0.659. The second-order valence-corrected chi connectivity index (χ2v) is 10.7. The Hall–Kier alpha value is -0.660. The summed E-state index contributed by atoms with van der Waals surface area (Å²) in [4.78, 5) is 14.1. The first-order valence-corrected chi connectivity index (χ1v) is 12.4. The molecule has 2 saturated carbocycles. The molecule has 0 aromatic carbocycles. The molecule has 2 aliphatic heterocycles. The molecule has 3 aliphatic carbocycles. The van der Waals surface area contributed by atoms with Crippen LogP contribution in [0.3, 0.4) is 0 Å². The highest BCUT2D eigenvalue weighted by Gasteiger charge is 2.68. The predicted molar refractivity (Wildman–Crippen MR) is 115 cm³/mol. The molecule has 1 spiro atoms. The summed E-state index contributed by atoms with van der Waals surface area (Å²) in [5.41, 5.74) is -0.316. The van der Waals surface area contributed by atoms with Crippen LogP contribution in [0.4, 0.5) is 0 Å². The number of Topliss-reactive ketones (excluding diaryl/α,β-unsaturated/α-hetero) is 1. The molecule has 0 bridgehead atoms. The molecule has 7 heteroatoms. The Balaban J connectivity index is 1.51. The predicted octanol–water partition coefficient (Wildman–Crippen LogP) is 3.37. The molecule has 31 heavy (non-hydrogen) atoms. The molecular formula is C24H35ClO6. The number of aliphatic hydroxyl groups is 1. The molecule has 5 aliphatic rings. The number of halogens is 1. The van der Waals surface area contributed by atoms with Gasteiger partial charge in [-0.05, 0) is 25.2 Å². The molecule has 5 rings (SSSR count). The Kier molecular flexibility index (Phi) is 5.92. The maximum atomic E-state index is 14.1. The SMILES string of the molecule is COC1CC(OC)C2C(=O)[C@@]3(OC2C1Cl)C1=C(CC(C2CCCCC2)O1)C(O)C[C@H]3C. The molecule has 7 unspecified atom stereocenters. The Labute approximate surface area is 189 Å². The fourth-order valence-corrected chi connectivity index (χ4v) is 7.34. The average Bonchev–Trinajstić information content (AvgIpc) is 3.36. The van der Waals surface area contributed by atoms with Crippen LogP contribution in [0.15, 0.2) is 11.3 Å². The van der Waals surface area contributed by atoms with Crippen LogP contribution >= 0.6 is 11.6 Å². The summed E-state index contributed by atoms with van der Waals surface area (Å²) in [6.07, 6.45) is 6.15. The highest BCUT2D eigenvalue weighted by atomic mass is 35.5. The summed E-state index contributed by atoms with van der Waals surface area (Å²) in [5.74, 6) is 0.403. The summed E-state index contributed by atoms with van der Waals surface area (Å²) >= 11 is 6.78. The fraction of sp³-hybridized carbons (Fsp3) is 0.875. The first-order chi connectivity index (χ1) is 14.9. The van der Waals surface area contributed by atoms with Crippen molar-refractivity contribution < 1.29 is 28.8 Å². The van der Waals surface area contributed by atoms with E-state index in [2.05, 4.69) is 0 Å². The van der Waals surface area contributed by atoms with Gasteiger partial charge in [0.1, 0.15) is 11.9 Å². The van der Waals surface area contributed by atoms with Crippen molar-refractivity contribution in [2.24, 2.45) is 17.8 Å². The van der Waals surface area contributed by atoms with Gasteiger partial charge >= 0.3 is 0 Å². The van der Waals surface area contributed by atoms with Crippen LogP contribution in [0.25, 0.3) is 0 Å². The third-order valence-electron chi connectivity index (χ3n) is 8.65. The number of fused-ring (bicyclic) bond motifs is 2. The van der Waals surface area contributed by atoms with E-state index in [-0.39, 0.29) is 30.0 Å². The number of carbonyl (C=O) groups is 1. The second kappa shape index (κ2) is 8.28. The van der Waals surface area contributed by atoms with Crippen LogP contribution in [0, 0.1) is 17.8 Å². The van der Waals surface area contributed by atoms with Gasteiger partial charge in [-0.25, -0.2) is 0 Å². The number of rotatable bonds is 3. The Morgan fingerprint density at radius 1 is 1.10 bits per heavy atom. The monoisotopic (exact) mass is 454 g/mol. The van der Waals surface area contributed by atoms with E-state index in [0.717, 1.165) is 18.4 Å². The number of hydrogen-bond donors (Lipinski definition) is 1. The minimum absolute atomic E-state index is 0.000692. The molecule has 2 heterocycles. The Morgan fingerprint density at radius 2 is 1.81 bits per heavy atom. The lowest BCUT2D eigenvalue weighted by molar-refractivity contribution is -0.147. The summed E-state index contributed by atoms with van der Waals surface area (Å²) < 4.78 is 24.6. The van der Waals surface area contributed by atoms with Crippen molar-refractivity contribution in [3.8, 4) is 0 Å². The van der Waals surface area contributed by atoms with E-state index >= 15 is 0 Å². The van der Waals surface area contributed by atoms with Crippen molar-refractivity contribution in [3.05, 3.63) is 11.3 Å². The number of alkyl halides is 1. The van der Waals surface area contributed by atoms with Gasteiger partial charge in [0.25, 0.3) is 0 Å². The largest absolute Gasteiger partial charge is 0.491 e. The zero-order valence-electron chi connectivity index (χ0n) is 18.7. The van der Waals surface area contributed by atoms with Crippen molar-refractivity contribution in [2.45, 2.75) is 99.8 Å². The molecule has 6 nitrogen and oxygen atoms in total. The van der Waals surface area contributed by atoms with Crippen LogP contribution in [0.1, 0.15) is 58.3 Å². The summed E-state index contributed by atoms with van der Waals surface area (Å²) in [5, 5.41) is 10.5. The lowest BCUT2D eigenvalue weighted by atomic mass is 9.69. The van der Waals surface area contributed by atoms with Crippen molar-refractivity contribution in [1.82, 2.24) is 0 Å². The van der Waals surface area contributed by atoms with Crippen molar-refractivity contribution in [2.75, 3.05) is 14.2 Å². The van der Waals surface area contributed by atoms with E-state index in [1.807, 2.05) is 6.92 Å². The molecule has 3 fully saturated rings. The fourth-order valence-electron chi connectivity index (χ4n) is 6.92. The summed E-state index contributed by atoms with van der Waals surface area (Å²) in [6, 6.07) is 0. The van der Waals surface area contributed by atoms with E-state index in [1.165, 1.54) is 19.3 Å². The first-order valence-electron chi connectivity index (χ1n) is 11.9. The summed E-state index contributed by atoms with van der Waals surface area (Å²) in [7, 11) is 3.26. The molecule has 1 N–H and O–H groups in total. The third-order valence-corrected chi connectivity index (χ3v) is 9.18. The average molecular weight is 455 g/mol. The molecule has 174 valence electrons. The highest BCUT2D eigenvalue weighted by molar-refractivity contribution is 6.22. The molecule has 1 saturated heterocycles. The van der Waals surface area contributed by atoms with Gasteiger partial charge < -0.3 is 24.1 Å². The lowest BCUT2D eigenvalue weighted by Crippen LogP contribution is -2.52. The van der Waals surface area contributed by atoms with Crippen LogP contribution in [-0.2, 0) is 23.7 Å². The molecular weight excluding hydrogens is 420 g/mol. The normalized spacial score (nSPS) is 48.1. The van der Waals surface area contributed by atoms with Crippen molar-refractivity contribution in [1.29, 1.82) is 0 Å². The van der Waals surface area contributed by atoms with Gasteiger partial charge in [-0.3, -0.25) is 4.79 Å². The van der Waals surface area contributed by atoms with Crippen molar-refractivity contribution >= 4 is 17.4 Å². The van der Waals surface area contributed by atoms with E-state index in [0.29, 0.717) is 30.9 Å². The highest BCUT2D eigenvalue weighted by Crippen LogP contribution is 2.56. The zero-order chi connectivity index (χ0) is 21.9.